The molecular weight excluding hydrogens is 336 g/mol. The van der Waals surface area contributed by atoms with Crippen molar-refractivity contribution < 1.29 is 28.8 Å². The Morgan fingerprint density at radius 3 is 2.73 bits per heavy atom. The van der Waals surface area contributed by atoms with Gasteiger partial charge in [-0.2, -0.15) is 0 Å². The lowest BCUT2D eigenvalue weighted by atomic mass is 9.95. The van der Waals surface area contributed by atoms with Crippen LogP contribution in [0.25, 0.3) is 0 Å². The van der Waals surface area contributed by atoms with Crippen LogP contribution in [0, 0.1) is 5.92 Å². The van der Waals surface area contributed by atoms with Crippen LogP contribution in [0.2, 0.25) is 0 Å². The van der Waals surface area contributed by atoms with Gasteiger partial charge in [0.1, 0.15) is 23.6 Å². The predicted octanol–water partition coefficient (Wildman–Crippen LogP) is 2.55. The maximum absolute atomic E-state index is 11.9. The minimum atomic E-state index is -0.915. The molecule has 1 aromatic rings. The maximum atomic E-state index is 11.9. The van der Waals surface area contributed by atoms with E-state index in [9.17, 15) is 9.90 Å². The molecule has 2 aliphatic heterocycles. The van der Waals surface area contributed by atoms with Crippen LogP contribution in [-0.4, -0.2) is 41.8 Å². The Hall–Kier alpha value is -1.89. The molecule has 4 atom stereocenters. The number of rotatable bonds is 4. The average molecular weight is 362 g/mol. The molecule has 2 saturated heterocycles. The molecule has 6 nitrogen and oxygen atoms in total. The van der Waals surface area contributed by atoms with Gasteiger partial charge in [-0.1, -0.05) is 30.3 Å². The number of aliphatic hydroxyl groups excluding tert-OH is 1. The quantitative estimate of drug-likeness (QED) is 0.655. The minimum absolute atomic E-state index is 0.00439. The van der Waals surface area contributed by atoms with Gasteiger partial charge in [0.15, 0.2) is 6.29 Å². The van der Waals surface area contributed by atoms with Crippen molar-refractivity contribution in [1.82, 2.24) is 0 Å². The van der Waals surface area contributed by atoms with Crippen molar-refractivity contribution in [2.45, 2.75) is 57.9 Å². The van der Waals surface area contributed by atoms with Crippen molar-refractivity contribution in [2.75, 3.05) is 6.61 Å². The van der Waals surface area contributed by atoms with Crippen LogP contribution in [0.4, 0.5) is 0 Å². The predicted molar refractivity (Wildman–Crippen MR) is 93.9 cm³/mol. The third-order valence-electron chi connectivity index (χ3n) is 4.25. The van der Waals surface area contributed by atoms with E-state index in [1.54, 1.807) is 0 Å². The van der Waals surface area contributed by atoms with E-state index >= 15 is 0 Å². The van der Waals surface area contributed by atoms with Gasteiger partial charge >= 0.3 is 5.97 Å². The zero-order chi connectivity index (χ0) is 18.7. The molecule has 1 N–H and O–H groups in total. The average Bonchev–Trinajstić information content (AvgIpc) is 2.96. The molecule has 2 fully saturated rings. The van der Waals surface area contributed by atoms with Crippen LogP contribution in [0.3, 0.4) is 0 Å². The lowest BCUT2D eigenvalue weighted by molar-refractivity contribution is -0.255. The molecule has 0 aromatic heterocycles. The number of carbonyl (C=O) groups excluding carboxylic acids is 1. The van der Waals surface area contributed by atoms with Crippen molar-refractivity contribution in [3.63, 3.8) is 0 Å². The number of carbonyl (C=O) groups is 1. The van der Waals surface area contributed by atoms with Crippen LogP contribution in [0.15, 0.2) is 42.2 Å². The number of hydrogen-bond acceptors (Lipinski definition) is 6. The smallest absolute Gasteiger partial charge is 0.334 e. The summed E-state index contributed by atoms with van der Waals surface area (Å²) >= 11 is 0. The van der Waals surface area contributed by atoms with E-state index in [2.05, 4.69) is 0 Å². The third-order valence-corrected chi connectivity index (χ3v) is 4.25. The molecule has 6 heteroatoms. The Morgan fingerprint density at radius 2 is 2.04 bits per heavy atom. The van der Waals surface area contributed by atoms with Gasteiger partial charge in [-0.3, -0.25) is 0 Å². The zero-order valence-electron chi connectivity index (χ0n) is 15.4. The molecule has 0 bridgehead atoms. The molecule has 0 spiro atoms. The fourth-order valence-corrected chi connectivity index (χ4v) is 3.12. The summed E-state index contributed by atoms with van der Waals surface area (Å²) in [5, 5.41) is 10.5. The number of hydrogen-bond donors (Lipinski definition) is 1. The highest BCUT2D eigenvalue weighted by atomic mass is 16.7. The fourth-order valence-electron chi connectivity index (χ4n) is 3.12. The molecule has 0 saturated carbocycles. The first-order valence-electron chi connectivity index (χ1n) is 8.87. The van der Waals surface area contributed by atoms with E-state index in [1.807, 2.05) is 51.1 Å². The number of fused-ring (bicyclic) bond motifs is 1. The molecular formula is C20H26O6. The van der Waals surface area contributed by atoms with Gasteiger partial charge in [0, 0.05) is 12.3 Å². The molecule has 0 unspecified atom stereocenters. The molecule has 2 heterocycles. The normalized spacial score (nSPS) is 29.9. The summed E-state index contributed by atoms with van der Waals surface area (Å²) in [6, 6.07) is 9.70. The van der Waals surface area contributed by atoms with Crippen LogP contribution < -0.4 is 0 Å². The summed E-state index contributed by atoms with van der Waals surface area (Å²) in [5.74, 6) is 0.0642. The van der Waals surface area contributed by atoms with Gasteiger partial charge < -0.3 is 24.1 Å². The van der Waals surface area contributed by atoms with Gasteiger partial charge in [0.2, 0.25) is 0 Å². The lowest BCUT2D eigenvalue weighted by Crippen LogP contribution is -2.49. The topological polar surface area (TPSA) is 74.2 Å². The summed E-state index contributed by atoms with van der Waals surface area (Å²) in [4.78, 5) is 11.9. The Balaban J connectivity index is 1.56. The first-order chi connectivity index (χ1) is 12.3. The molecule has 26 heavy (non-hydrogen) atoms. The van der Waals surface area contributed by atoms with Crippen molar-refractivity contribution in [3.8, 4) is 0 Å². The summed E-state index contributed by atoms with van der Waals surface area (Å²) < 4.78 is 22.4. The van der Waals surface area contributed by atoms with Crippen molar-refractivity contribution in [1.29, 1.82) is 0 Å². The Bertz CT molecular complexity index is 648. The SMILES string of the molecule is CC(C)(C)OC(=O)/C=C1/C[C@@H]2CO[C@H](OCc3ccccc3)[C@@H](O)[C@@H]2O1. The summed E-state index contributed by atoms with van der Waals surface area (Å²) in [6.07, 6.45) is -0.222. The zero-order valence-corrected chi connectivity index (χ0v) is 15.4. The van der Waals surface area contributed by atoms with Crippen LogP contribution in [-0.2, 0) is 30.3 Å². The van der Waals surface area contributed by atoms with Crippen LogP contribution >= 0.6 is 0 Å². The molecule has 3 rings (SSSR count). The van der Waals surface area contributed by atoms with Gasteiger partial charge in [0.05, 0.1) is 19.3 Å². The van der Waals surface area contributed by atoms with Crippen molar-refractivity contribution >= 4 is 5.97 Å². The van der Waals surface area contributed by atoms with Crippen LogP contribution in [0.5, 0.6) is 0 Å². The van der Waals surface area contributed by atoms with Gasteiger partial charge in [-0.05, 0) is 26.3 Å². The minimum Gasteiger partial charge on any atom is -0.491 e. The highest BCUT2D eigenvalue weighted by Crippen LogP contribution is 2.37. The molecule has 1 aromatic carbocycles. The van der Waals surface area contributed by atoms with E-state index in [0.29, 0.717) is 25.4 Å². The third kappa shape index (κ3) is 4.84. The van der Waals surface area contributed by atoms with E-state index in [-0.39, 0.29) is 5.92 Å². The summed E-state index contributed by atoms with van der Waals surface area (Å²) in [6.45, 7) is 6.19. The Labute approximate surface area is 153 Å². The Morgan fingerprint density at radius 1 is 1.31 bits per heavy atom. The standard InChI is InChI=1S/C20H26O6/c1-20(2,3)26-16(21)10-15-9-14-12-24-19(17(22)18(14)25-15)23-11-13-7-5-4-6-8-13/h4-8,10,14,17-19,22H,9,11-12H2,1-3H3/b15-10-/t14-,17+,18-,19+/m1/s1. The second kappa shape index (κ2) is 7.78. The van der Waals surface area contributed by atoms with Gasteiger partial charge in [0.25, 0.3) is 0 Å². The van der Waals surface area contributed by atoms with E-state index < -0.39 is 30.1 Å². The Kier molecular flexibility index (Phi) is 5.65. The second-order valence-corrected chi connectivity index (χ2v) is 7.68. The monoisotopic (exact) mass is 362 g/mol. The molecule has 0 amide bonds. The van der Waals surface area contributed by atoms with Crippen LogP contribution in [0.1, 0.15) is 32.8 Å². The summed E-state index contributed by atoms with van der Waals surface area (Å²) in [7, 11) is 0. The molecule has 142 valence electrons. The van der Waals surface area contributed by atoms with E-state index in [0.717, 1.165) is 5.56 Å². The van der Waals surface area contributed by atoms with E-state index in [4.69, 9.17) is 18.9 Å². The number of ether oxygens (including phenoxy) is 4. The largest absolute Gasteiger partial charge is 0.491 e. The molecule has 2 aliphatic rings. The number of allylic oxidation sites excluding steroid dienone is 1. The van der Waals surface area contributed by atoms with Crippen molar-refractivity contribution in [2.24, 2.45) is 5.92 Å². The fraction of sp³-hybridized carbons (Fsp3) is 0.550. The number of esters is 1. The molecule has 0 aliphatic carbocycles. The molecule has 0 radical (unpaired) electrons. The number of benzene rings is 1. The van der Waals surface area contributed by atoms with Gasteiger partial charge in [-0.15, -0.1) is 0 Å². The van der Waals surface area contributed by atoms with E-state index in [1.165, 1.54) is 6.08 Å². The highest BCUT2D eigenvalue weighted by Gasteiger charge is 2.46. The van der Waals surface area contributed by atoms with Gasteiger partial charge in [-0.25, -0.2) is 4.79 Å². The second-order valence-electron chi connectivity index (χ2n) is 7.68. The maximum Gasteiger partial charge on any atom is 0.334 e. The van der Waals surface area contributed by atoms with Crippen molar-refractivity contribution in [3.05, 3.63) is 47.7 Å². The number of aliphatic hydroxyl groups is 1. The summed E-state index contributed by atoms with van der Waals surface area (Å²) in [5.41, 5.74) is 0.446. The lowest BCUT2D eigenvalue weighted by Gasteiger charge is -2.35. The highest BCUT2D eigenvalue weighted by molar-refractivity contribution is 5.82. The first-order valence-corrected chi connectivity index (χ1v) is 8.87. The first kappa shape index (κ1) is 18.9.